The highest BCUT2D eigenvalue weighted by molar-refractivity contribution is 6.30. The van der Waals surface area contributed by atoms with E-state index in [-0.39, 0.29) is 12.2 Å². The van der Waals surface area contributed by atoms with Crippen molar-refractivity contribution in [1.82, 2.24) is 14.7 Å². The Kier molecular flexibility index (Phi) is 7.88. The minimum atomic E-state index is -0.282. The summed E-state index contributed by atoms with van der Waals surface area (Å²) in [5.74, 6) is 0. The van der Waals surface area contributed by atoms with Crippen molar-refractivity contribution < 1.29 is 9.53 Å². The molecule has 0 aliphatic carbocycles. The van der Waals surface area contributed by atoms with Crippen LogP contribution in [-0.2, 0) is 17.8 Å². The predicted molar refractivity (Wildman–Crippen MR) is 138 cm³/mol. The number of hydrogen-bond donors (Lipinski definition) is 0. The molecule has 1 fully saturated rings. The van der Waals surface area contributed by atoms with Crippen LogP contribution < -0.4 is 0 Å². The largest absolute Gasteiger partial charge is 0.439 e. The molecule has 3 aromatic rings. The van der Waals surface area contributed by atoms with E-state index in [2.05, 4.69) is 79.5 Å². The van der Waals surface area contributed by atoms with Gasteiger partial charge in [0.2, 0.25) is 0 Å². The number of nitrogens with zero attached hydrogens (tertiary/aromatic N) is 3. The maximum Gasteiger partial charge on any atom is 0.410 e. The molecule has 3 aromatic carbocycles. The van der Waals surface area contributed by atoms with Gasteiger partial charge in [0.15, 0.2) is 0 Å². The number of rotatable bonds is 9. The lowest BCUT2D eigenvalue weighted by molar-refractivity contribution is 0.132. The number of halogens is 1. The standard InChI is InChI=1S/C28H32ClN3O2/c1-30(2)16-17-31(3)18-21-4-8-23(9-5-21)24-10-6-22(7-11-24)19-32-20-27(34-28(32)33)25-12-14-26(29)15-13-25/h4-15,27H,16-20H2,1-3H3/t27-/m0/s1. The number of carbonyl (C=O) groups excluding carboxylic acids is 1. The van der Waals surface area contributed by atoms with Gasteiger partial charge in [-0.25, -0.2) is 4.79 Å². The van der Waals surface area contributed by atoms with Crippen LogP contribution in [0.3, 0.4) is 0 Å². The molecule has 0 spiro atoms. The predicted octanol–water partition coefficient (Wildman–Crippen LogP) is 5.69. The molecule has 1 aliphatic rings. The summed E-state index contributed by atoms with van der Waals surface area (Å²) < 4.78 is 5.57. The summed E-state index contributed by atoms with van der Waals surface area (Å²) in [7, 11) is 6.36. The third-order valence-corrected chi connectivity index (χ3v) is 6.38. The van der Waals surface area contributed by atoms with Gasteiger partial charge >= 0.3 is 6.09 Å². The minimum absolute atomic E-state index is 0.260. The van der Waals surface area contributed by atoms with Gasteiger partial charge in [-0.3, -0.25) is 4.90 Å². The van der Waals surface area contributed by atoms with E-state index in [1.165, 1.54) is 16.7 Å². The first kappa shape index (κ1) is 24.3. The molecule has 0 unspecified atom stereocenters. The van der Waals surface area contributed by atoms with Crippen LogP contribution in [0.5, 0.6) is 0 Å². The molecule has 6 heteroatoms. The van der Waals surface area contributed by atoms with E-state index in [1.807, 2.05) is 24.3 Å². The number of hydrogen-bond acceptors (Lipinski definition) is 4. The van der Waals surface area contributed by atoms with Gasteiger partial charge in [0.05, 0.1) is 6.54 Å². The molecule has 1 aliphatic heterocycles. The molecule has 1 amide bonds. The summed E-state index contributed by atoms with van der Waals surface area (Å²) in [4.78, 5) is 18.7. The zero-order valence-electron chi connectivity index (χ0n) is 20.1. The highest BCUT2D eigenvalue weighted by Crippen LogP contribution is 2.29. The van der Waals surface area contributed by atoms with Crippen LogP contribution in [0.25, 0.3) is 11.1 Å². The summed E-state index contributed by atoms with van der Waals surface area (Å²) in [6.07, 6.45) is -0.542. The number of amides is 1. The highest BCUT2D eigenvalue weighted by atomic mass is 35.5. The van der Waals surface area contributed by atoms with Crippen LogP contribution in [0.15, 0.2) is 72.8 Å². The zero-order valence-corrected chi connectivity index (χ0v) is 20.8. The van der Waals surface area contributed by atoms with Gasteiger partial charge in [-0.1, -0.05) is 72.3 Å². The second kappa shape index (κ2) is 11.0. The van der Waals surface area contributed by atoms with Crippen LogP contribution in [0.4, 0.5) is 4.79 Å². The minimum Gasteiger partial charge on any atom is -0.439 e. The Labute approximate surface area is 207 Å². The van der Waals surface area contributed by atoms with Crippen molar-refractivity contribution in [2.75, 3.05) is 40.8 Å². The summed E-state index contributed by atoms with van der Waals surface area (Å²) in [5, 5.41) is 0.673. The van der Waals surface area contributed by atoms with Gasteiger partial charge < -0.3 is 14.5 Å². The van der Waals surface area contributed by atoms with Crippen LogP contribution in [-0.4, -0.2) is 61.6 Å². The first-order chi connectivity index (χ1) is 16.4. The fraction of sp³-hybridized carbons (Fsp3) is 0.321. The normalized spacial score (nSPS) is 15.9. The van der Waals surface area contributed by atoms with Crippen molar-refractivity contribution >= 4 is 17.7 Å². The Morgan fingerprint density at radius 2 is 1.44 bits per heavy atom. The Hall–Kier alpha value is -2.86. The maximum absolute atomic E-state index is 12.4. The van der Waals surface area contributed by atoms with Gasteiger partial charge in [-0.2, -0.15) is 0 Å². The lowest BCUT2D eigenvalue weighted by Gasteiger charge is -2.19. The monoisotopic (exact) mass is 477 g/mol. The lowest BCUT2D eigenvalue weighted by atomic mass is 10.0. The van der Waals surface area contributed by atoms with Gasteiger partial charge in [0.25, 0.3) is 0 Å². The molecule has 178 valence electrons. The van der Waals surface area contributed by atoms with E-state index in [4.69, 9.17) is 16.3 Å². The third kappa shape index (κ3) is 6.38. The second-order valence-electron chi connectivity index (χ2n) is 9.24. The van der Waals surface area contributed by atoms with Gasteiger partial charge in [-0.05, 0) is 61.1 Å². The van der Waals surface area contributed by atoms with E-state index >= 15 is 0 Å². The molecule has 0 aromatic heterocycles. The Bertz CT molecular complexity index is 1080. The first-order valence-electron chi connectivity index (χ1n) is 11.6. The first-order valence-corrected chi connectivity index (χ1v) is 12.0. The molecule has 4 rings (SSSR count). The Balaban J connectivity index is 1.33. The van der Waals surface area contributed by atoms with Gasteiger partial charge in [0.1, 0.15) is 6.10 Å². The molecule has 5 nitrogen and oxygen atoms in total. The van der Waals surface area contributed by atoms with Gasteiger partial charge in [-0.15, -0.1) is 0 Å². The van der Waals surface area contributed by atoms with E-state index < -0.39 is 0 Å². The van der Waals surface area contributed by atoms with Crippen molar-refractivity contribution in [3.63, 3.8) is 0 Å². The summed E-state index contributed by atoms with van der Waals surface area (Å²) in [5.41, 5.74) is 5.71. The van der Waals surface area contributed by atoms with Crippen LogP contribution >= 0.6 is 11.6 Å². The fourth-order valence-corrected chi connectivity index (χ4v) is 4.20. The molecule has 1 atom stereocenters. The quantitative estimate of drug-likeness (QED) is 0.396. The molecule has 0 N–H and O–H groups in total. The van der Waals surface area contributed by atoms with Crippen LogP contribution in [0.1, 0.15) is 22.8 Å². The van der Waals surface area contributed by atoms with Crippen molar-refractivity contribution in [1.29, 1.82) is 0 Å². The van der Waals surface area contributed by atoms with E-state index in [0.717, 1.165) is 30.8 Å². The molecule has 34 heavy (non-hydrogen) atoms. The summed E-state index contributed by atoms with van der Waals surface area (Å²) in [6, 6.07) is 24.6. The summed E-state index contributed by atoms with van der Waals surface area (Å²) >= 11 is 5.97. The highest BCUT2D eigenvalue weighted by Gasteiger charge is 2.32. The number of ether oxygens (including phenoxy) is 1. The SMILES string of the molecule is CN(C)CCN(C)Cc1ccc(-c2ccc(CN3C[C@@H](c4ccc(Cl)cc4)OC3=O)cc2)cc1. The average molecular weight is 478 g/mol. The fourth-order valence-electron chi connectivity index (χ4n) is 4.08. The van der Waals surface area contributed by atoms with Crippen LogP contribution in [0, 0.1) is 0 Å². The molecule has 0 saturated carbocycles. The van der Waals surface area contributed by atoms with Gasteiger partial charge in [0, 0.05) is 31.2 Å². The number of benzene rings is 3. The maximum atomic E-state index is 12.4. The molecule has 1 saturated heterocycles. The number of likely N-dealkylation sites (N-methyl/N-ethyl adjacent to an activating group) is 2. The van der Waals surface area contributed by atoms with Crippen molar-refractivity contribution in [2.24, 2.45) is 0 Å². The Morgan fingerprint density at radius 3 is 2.03 bits per heavy atom. The average Bonchev–Trinajstić information content (AvgIpc) is 3.19. The van der Waals surface area contributed by atoms with Crippen LogP contribution in [0.2, 0.25) is 5.02 Å². The molecular weight excluding hydrogens is 446 g/mol. The van der Waals surface area contributed by atoms with Crippen molar-refractivity contribution in [3.05, 3.63) is 94.5 Å². The third-order valence-electron chi connectivity index (χ3n) is 6.13. The topological polar surface area (TPSA) is 36.0 Å². The lowest BCUT2D eigenvalue weighted by Crippen LogP contribution is -2.28. The zero-order chi connectivity index (χ0) is 24.1. The number of carbonyl (C=O) groups is 1. The Morgan fingerprint density at radius 1 is 0.853 bits per heavy atom. The number of cyclic esters (lactones) is 1. The van der Waals surface area contributed by atoms with E-state index in [0.29, 0.717) is 18.1 Å². The molecule has 1 heterocycles. The molecule has 0 radical (unpaired) electrons. The van der Waals surface area contributed by atoms with E-state index in [9.17, 15) is 4.79 Å². The van der Waals surface area contributed by atoms with Crippen molar-refractivity contribution in [3.8, 4) is 11.1 Å². The van der Waals surface area contributed by atoms with Crippen molar-refractivity contribution in [2.45, 2.75) is 19.2 Å². The summed E-state index contributed by atoms with van der Waals surface area (Å²) in [6.45, 7) is 4.10. The second-order valence-corrected chi connectivity index (χ2v) is 9.68. The molecular formula is C28H32ClN3O2. The molecule has 0 bridgehead atoms. The smallest absolute Gasteiger partial charge is 0.410 e. The van der Waals surface area contributed by atoms with E-state index in [1.54, 1.807) is 4.90 Å².